The first-order valence-electron chi connectivity index (χ1n) is 7.74. The number of carbonyl (C=O) groups is 1. The molecular formula is C18H23NO2. The lowest BCUT2D eigenvalue weighted by molar-refractivity contribution is 0.0921. The topological polar surface area (TPSA) is 49.3 Å². The summed E-state index contributed by atoms with van der Waals surface area (Å²) in [5.41, 5.74) is 1.27. The molecule has 1 aromatic rings. The van der Waals surface area contributed by atoms with Crippen LogP contribution in [0.15, 0.2) is 24.3 Å². The summed E-state index contributed by atoms with van der Waals surface area (Å²) in [4.78, 5) is 12.4. The Balaban J connectivity index is 2.01. The molecule has 0 unspecified atom stereocenters. The van der Waals surface area contributed by atoms with Gasteiger partial charge in [0.25, 0.3) is 5.91 Å². The molecule has 2 rings (SSSR count). The van der Waals surface area contributed by atoms with E-state index in [1.807, 2.05) is 18.2 Å². The fourth-order valence-corrected chi connectivity index (χ4v) is 2.90. The van der Waals surface area contributed by atoms with Gasteiger partial charge in [0.15, 0.2) is 0 Å². The van der Waals surface area contributed by atoms with E-state index in [-0.39, 0.29) is 18.6 Å². The first-order valence-corrected chi connectivity index (χ1v) is 7.74. The molecule has 1 aliphatic carbocycles. The summed E-state index contributed by atoms with van der Waals surface area (Å²) in [7, 11) is 0. The lowest BCUT2D eigenvalue weighted by atomic mass is 9.84. The van der Waals surface area contributed by atoms with Gasteiger partial charge in [0.05, 0.1) is 5.56 Å². The number of benzene rings is 1. The van der Waals surface area contributed by atoms with E-state index in [0.29, 0.717) is 11.1 Å². The third-order valence-electron chi connectivity index (χ3n) is 4.23. The molecule has 1 saturated carbocycles. The van der Waals surface area contributed by atoms with E-state index in [0.717, 1.165) is 18.8 Å². The molecule has 21 heavy (non-hydrogen) atoms. The summed E-state index contributed by atoms with van der Waals surface area (Å²) >= 11 is 0. The molecule has 1 aromatic carbocycles. The van der Waals surface area contributed by atoms with Crippen LogP contribution in [0.25, 0.3) is 0 Å². The van der Waals surface area contributed by atoms with Gasteiger partial charge >= 0.3 is 0 Å². The minimum Gasteiger partial charge on any atom is -0.384 e. The van der Waals surface area contributed by atoms with Gasteiger partial charge in [0.2, 0.25) is 0 Å². The van der Waals surface area contributed by atoms with Gasteiger partial charge in [-0.3, -0.25) is 4.79 Å². The smallest absolute Gasteiger partial charge is 0.252 e. The van der Waals surface area contributed by atoms with Gasteiger partial charge in [-0.25, -0.2) is 0 Å². The van der Waals surface area contributed by atoms with E-state index >= 15 is 0 Å². The molecule has 0 saturated heterocycles. The summed E-state index contributed by atoms with van der Waals surface area (Å²) in [5.74, 6) is 6.20. The molecule has 2 N–H and O–H groups in total. The maximum absolute atomic E-state index is 12.4. The number of rotatable bonds is 3. The van der Waals surface area contributed by atoms with Crippen molar-refractivity contribution in [1.82, 2.24) is 5.32 Å². The summed E-state index contributed by atoms with van der Waals surface area (Å²) in [6.07, 6.45) is 5.77. The Bertz CT molecular complexity index is 534. The molecule has 3 heteroatoms. The minimum absolute atomic E-state index is 0.0576. The highest BCUT2D eigenvalue weighted by atomic mass is 16.2. The third-order valence-corrected chi connectivity index (χ3v) is 4.23. The Hall–Kier alpha value is -1.79. The predicted molar refractivity (Wildman–Crippen MR) is 83.9 cm³/mol. The number of aliphatic hydroxyl groups is 1. The molecule has 0 bridgehead atoms. The standard InChI is InChI=1S/C18H23NO2/c1-2-14-9-11-16(12-10-14)19-18(21)17-8-4-3-6-15(17)7-5-13-20/h3-4,6,8,14,16,20H,2,9-13H2,1H3,(H,19,21). The van der Waals surface area contributed by atoms with Crippen molar-refractivity contribution in [2.75, 3.05) is 6.61 Å². The largest absolute Gasteiger partial charge is 0.384 e. The van der Waals surface area contributed by atoms with E-state index in [9.17, 15) is 4.79 Å². The van der Waals surface area contributed by atoms with Crippen LogP contribution in [0, 0.1) is 17.8 Å². The Labute approximate surface area is 126 Å². The molecule has 0 heterocycles. The maximum atomic E-state index is 12.4. The van der Waals surface area contributed by atoms with Crippen LogP contribution in [0.5, 0.6) is 0 Å². The zero-order valence-corrected chi connectivity index (χ0v) is 12.6. The van der Waals surface area contributed by atoms with Crippen LogP contribution in [-0.4, -0.2) is 23.7 Å². The van der Waals surface area contributed by atoms with Crippen LogP contribution in [0.4, 0.5) is 0 Å². The van der Waals surface area contributed by atoms with Crippen LogP contribution >= 0.6 is 0 Å². The van der Waals surface area contributed by atoms with Crippen LogP contribution in [0.3, 0.4) is 0 Å². The number of nitrogens with one attached hydrogen (secondary N) is 1. The van der Waals surface area contributed by atoms with Crippen molar-refractivity contribution in [2.45, 2.75) is 45.1 Å². The Morgan fingerprint density at radius 2 is 2.00 bits per heavy atom. The van der Waals surface area contributed by atoms with E-state index in [4.69, 9.17) is 5.11 Å². The first-order chi connectivity index (χ1) is 10.2. The highest BCUT2D eigenvalue weighted by molar-refractivity contribution is 5.96. The molecule has 1 amide bonds. The highest BCUT2D eigenvalue weighted by Gasteiger charge is 2.22. The highest BCUT2D eigenvalue weighted by Crippen LogP contribution is 2.26. The fraction of sp³-hybridized carbons (Fsp3) is 0.500. The van der Waals surface area contributed by atoms with E-state index < -0.39 is 0 Å². The molecule has 0 radical (unpaired) electrons. The number of hydrogen-bond donors (Lipinski definition) is 2. The lowest BCUT2D eigenvalue weighted by Gasteiger charge is -2.28. The van der Waals surface area contributed by atoms with Gasteiger partial charge in [-0.15, -0.1) is 0 Å². The molecule has 0 spiro atoms. The molecule has 3 nitrogen and oxygen atoms in total. The number of aliphatic hydroxyl groups excluding tert-OH is 1. The third kappa shape index (κ3) is 4.34. The molecule has 0 aliphatic heterocycles. The van der Waals surface area contributed by atoms with Gasteiger partial charge in [0.1, 0.15) is 6.61 Å². The van der Waals surface area contributed by atoms with Crippen molar-refractivity contribution in [3.63, 3.8) is 0 Å². The Morgan fingerprint density at radius 1 is 1.29 bits per heavy atom. The number of amides is 1. The Morgan fingerprint density at radius 3 is 2.67 bits per heavy atom. The summed E-state index contributed by atoms with van der Waals surface area (Å²) in [6.45, 7) is 2.04. The molecule has 112 valence electrons. The average Bonchev–Trinajstić information content (AvgIpc) is 2.54. The van der Waals surface area contributed by atoms with Crippen LogP contribution in [-0.2, 0) is 0 Å². The summed E-state index contributed by atoms with van der Waals surface area (Å²) in [6, 6.07) is 7.57. The number of carbonyl (C=O) groups excluding carboxylic acids is 1. The summed E-state index contributed by atoms with van der Waals surface area (Å²) < 4.78 is 0. The van der Waals surface area contributed by atoms with Crippen molar-refractivity contribution in [1.29, 1.82) is 0 Å². The second-order valence-corrected chi connectivity index (χ2v) is 5.60. The second-order valence-electron chi connectivity index (χ2n) is 5.60. The monoisotopic (exact) mass is 285 g/mol. The molecule has 1 aliphatic rings. The van der Waals surface area contributed by atoms with Crippen LogP contribution < -0.4 is 5.32 Å². The van der Waals surface area contributed by atoms with Gasteiger partial charge in [-0.2, -0.15) is 0 Å². The van der Waals surface area contributed by atoms with Gasteiger partial charge < -0.3 is 10.4 Å². The first kappa shape index (κ1) is 15.6. The zero-order valence-electron chi connectivity index (χ0n) is 12.6. The normalized spacial score (nSPS) is 21.2. The number of hydrogen-bond acceptors (Lipinski definition) is 2. The van der Waals surface area contributed by atoms with Crippen molar-refractivity contribution >= 4 is 5.91 Å². The summed E-state index contributed by atoms with van der Waals surface area (Å²) in [5, 5.41) is 11.9. The van der Waals surface area contributed by atoms with Gasteiger partial charge in [0, 0.05) is 11.6 Å². The van der Waals surface area contributed by atoms with Crippen molar-refractivity contribution < 1.29 is 9.90 Å². The SMILES string of the molecule is CCC1CCC(NC(=O)c2ccccc2C#CCO)CC1. The Kier molecular flexibility index (Phi) is 5.83. The van der Waals surface area contributed by atoms with Gasteiger partial charge in [-0.1, -0.05) is 37.3 Å². The molecule has 0 aromatic heterocycles. The second kappa shape index (κ2) is 7.85. The van der Waals surface area contributed by atoms with Crippen LogP contribution in [0.2, 0.25) is 0 Å². The van der Waals surface area contributed by atoms with Crippen molar-refractivity contribution in [3.05, 3.63) is 35.4 Å². The average molecular weight is 285 g/mol. The van der Waals surface area contributed by atoms with E-state index in [2.05, 4.69) is 24.1 Å². The molecule has 1 fully saturated rings. The molecule has 0 atom stereocenters. The van der Waals surface area contributed by atoms with Crippen molar-refractivity contribution in [2.24, 2.45) is 5.92 Å². The van der Waals surface area contributed by atoms with Crippen molar-refractivity contribution in [3.8, 4) is 11.8 Å². The lowest BCUT2D eigenvalue weighted by Crippen LogP contribution is -2.37. The van der Waals surface area contributed by atoms with E-state index in [1.165, 1.54) is 19.3 Å². The fourth-order valence-electron chi connectivity index (χ4n) is 2.90. The zero-order chi connectivity index (χ0) is 15.1. The predicted octanol–water partition coefficient (Wildman–Crippen LogP) is 2.73. The van der Waals surface area contributed by atoms with E-state index in [1.54, 1.807) is 6.07 Å². The molecular weight excluding hydrogens is 262 g/mol. The quantitative estimate of drug-likeness (QED) is 0.839. The van der Waals surface area contributed by atoms with Crippen LogP contribution in [0.1, 0.15) is 54.9 Å². The van der Waals surface area contributed by atoms with Gasteiger partial charge in [-0.05, 0) is 43.7 Å². The minimum atomic E-state index is -0.197. The maximum Gasteiger partial charge on any atom is 0.252 e.